The van der Waals surface area contributed by atoms with Gasteiger partial charge in [0.25, 0.3) is 0 Å². The second-order valence-corrected chi connectivity index (χ2v) is 5.69. The molecule has 0 saturated heterocycles. The van der Waals surface area contributed by atoms with E-state index in [1.807, 2.05) is 6.07 Å². The van der Waals surface area contributed by atoms with Gasteiger partial charge in [0.15, 0.2) is 0 Å². The number of rotatable bonds is 2. The molecule has 3 rings (SSSR count). The molecule has 3 aromatic rings. The quantitative estimate of drug-likeness (QED) is 0.668. The van der Waals surface area contributed by atoms with Gasteiger partial charge >= 0.3 is 98.7 Å². The van der Waals surface area contributed by atoms with E-state index in [-0.39, 0.29) is 15.8 Å². The van der Waals surface area contributed by atoms with Crippen LogP contribution in [0.25, 0.3) is 11.2 Å². The zero-order chi connectivity index (χ0) is 10.8. The fourth-order valence-electron chi connectivity index (χ4n) is 1.46. The molecule has 0 amide bonds. The van der Waals surface area contributed by atoms with Gasteiger partial charge in [-0.2, -0.15) is 0 Å². The molecular weight excluding hydrogens is 263 g/mol. The van der Waals surface area contributed by atoms with Crippen molar-refractivity contribution in [3.8, 4) is 0 Å². The van der Waals surface area contributed by atoms with Crippen molar-refractivity contribution in [2.75, 3.05) is 0 Å². The van der Waals surface area contributed by atoms with Crippen LogP contribution in [0, 0.1) is 0 Å². The Morgan fingerprint density at radius 2 is 1.88 bits per heavy atom. The Labute approximate surface area is 98.8 Å². The van der Waals surface area contributed by atoms with Gasteiger partial charge in [-0.05, 0) is 0 Å². The number of fused-ring (bicyclic) bond motifs is 1. The third kappa shape index (κ3) is 1.72. The molecule has 5 heteroatoms. The van der Waals surface area contributed by atoms with E-state index in [2.05, 4.69) is 44.2 Å². The van der Waals surface area contributed by atoms with E-state index in [1.54, 1.807) is 12.7 Å². The van der Waals surface area contributed by atoms with Crippen LogP contribution in [0.1, 0.15) is 0 Å². The summed E-state index contributed by atoms with van der Waals surface area (Å²) >= 11 is -0.113. The second kappa shape index (κ2) is 4.06. The fourth-order valence-corrected chi connectivity index (χ4v) is 3.46. The Morgan fingerprint density at radius 1 is 1.00 bits per heavy atom. The molecule has 0 spiro atoms. The third-order valence-electron chi connectivity index (χ3n) is 2.19. The number of H-pyrrole nitrogens is 1. The van der Waals surface area contributed by atoms with Crippen molar-refractivity contribution in [3.05, 3.63) is 43.0 Å². The molecule has 4 nitrogen and oxygen atoms in total. The van der Waals surface area contributed by atoms with Crippen LogP contribution in [0.5, 0.6) is 0 Å². The molecule has 0 bridgehead atoms. The molecule has 0 saturated carbocycles. The van der Waals surface area contributed by atoms with Gasteiger partial charge < -0.3 is 0 Å². The first-order chi connectivity index (χ1) is 7.93. The van der Waals surface area contributed by atoms with Crippen molar-refractivity contribution in [3.63, 3.8) is 0 Å². The maximum atomic E-state index is 4.33. The van der Waals surface area contributed by atoms with Crippen LogP contribution >= 0.6 is 0 Å². The minimum atomic E-state index is -0.113. The van der Waals surface area contributed by atoms with Gasteiger partial charge in [0.05, 0.1) is 0 Å². The summed E-state index contributed by atoms with van der Waals surface area (Å²) in [6.45, 7) is 0. The summed E-state index contributed by atoms with van der Waals surface area (Å²) in [7, 11) is 0. The van der Waals surface area contributed by atoms with Crippen LogP contribution in [0.2, 0.25) is 0 Å². The molecule has 0 unspecified atom stereocenters. The van der Waals surface area contributed by atoms with Gasteiger partial charge in [0.1, 0.15) is 0 Å². The van der Waals surface area contributed by atoms with Gasteiger partial charge in [0.2, 0.25) is 0 Å². The summed E-state index contributed by atoms with van der Waals surface area (Å²) in [5, 5.41) is 0. The maximum absolute atomic E-state index is 4.33. The molecule has 0 aliphatic carbocycles. The van der Waals surface area contributed by atoms with E-state index in [1.165, 1.54) is 4.35 Å². The molecule has 2 aromatic heterocycles. The average Bonchev–Trinajstić information content (AvgIpc) is 2.80. The number of nitrogens with zero attached hydrogens (tertiary/aromatic N) is 3. The molecule has 0 atom stereocenters. The summed E-state index contributed by atoms with van der Waals surface area (Å²) in [6, 6.07) is 10.4. The summed E-state index contributed by atoms with van der Waals surface area (Å²) in [6.07, 6.45) is 3.24. The molecule has 1 radical (unpaired) electrons. The van der Waals surface area contributed by atoms with Crippen LogP contribution in [-0.4, -0.2) is 35.7 Å². The predicted molar refractivity (Wildman–Crippen MR) is 63.1 cm³/mol. The molecule has 77 valence electrons. The Hall–Kier alpha value is -1.67. The van der Waals surface area contributed by atoms with E-state index in [0.29, 0.717) is 0 Å². The standard InChI is InChI=1S/C11H8AsN4/c1-2-4-8(5-3-1)12-10-9-11(15-6-13-9)16-7-14-10/h1-7H,(H,13,14,15,16). The zero-order valence-corrected chi connectivity index (χ0v) is 10.2. The third-order valence-corrected chi connectivity index (χ3v) is 4.52. The van der Waals surface area contributed by atoms with Crippen LogP contribution in [-0.2, 0) is 0 Å². The van der Waals surface area contributed by atoms with Gasteiger partial charge in [-0.15, -0.1) is 0 Å². The zero-order valence-electron chi connectivity index (χ0n) is 8.33. The van der Waals surface area contributed by atoms with Crippen molar-refractivity contribution < 1.29 is 0 Å². The first kappa shape index (κ1) is 9.55. The number of hydrogen-bond acceptors (Lipinski definition) is 3. The molecule has 1 N–H and O–H groups in total. The van der Waals surface area contributed by atoms with Gasteiger partial charge in [-0.3, -0.25) is 0 Å². The van der Waals surface area contributed by atoms with Crippen LogP contribution in [0.4, 0.5) is 0 Å². The molecule has 1 aromatic carbocycles. The Kier molecular flexibility index (Phi) is 2.42. The van der Waals surface area contributed by atoms with E-state index >= 15 is 0 Å². The number of hydrogen-bond donors (Lipinski definition) is 1. The van der Waals surface area contributed by atoms with Crippen LogP contribution in [0.15, 0.2) is 43.0 Å². The monoisotopic (exact) mass is 271 g/mol. The van der Waals surface area contributed by atoms with Gasteiger partial charge in [-0.1, -0.05) is 0 Å². The van der Waals surface area contributed by atoms with Crippen molar-refractivity contribution in [2.24, 2.45) is 0 Å². The fraction of sp³-hybridized carbons (Fsp3) is 0. The van der Waals surface area contributed by atoms with E-state index in [0.717, 1.165) is 15.6 Å². The molecule has 0 fully saturated rings. The van der Waals surface area contributed by atoms with E-state index < -0.39 is 0 Å². The van der Waals surface area contributed by atoms with Crippen molar-refractivity contribution in [2.45, 2.75) is 0 Å². The summed E-state index contributed by atoms with van der Waals surface area (Å²) in [5.41, 5.74) is 1.71. The predicted octanol–water partition coefficient (Wildman–Crippen LogP) is 0.00790. The normalized spacial score (nSPS) is 11.5. The van der Waals surface area contributed by atoms with E-state index in [9.17, 15) is 0 Å². The summed E-state index contributed by atoms with van der Waals surface area (Å²) < 4.78 is 2.40. The molecule has 16 heavy (non-hydrogen) atoms. The molecule has 0 aliphatic rings. The van der Waals surface area contributed by atoms with Crippen molar-refractivity contribution >= 4 is 35.7 Å². The molecular formula is C11H8AsN4. The number of nitrogens with one attached hydrogen (secondary N) is 1. The number of aromatic nitrogens is 4. The number of aromatic amines is 1. The minimum absolute atomic E-state index is 0.113. The summed E-state index contributed by atoms with van der Waals surface area (Å²) in [4.78, 5) is 15.7. The van der Waals surface area contributed by atoms with Crippen LogP contribution in [0.3, 0.4) is 0 Å². The summed E-state index contributed by atoms with van der Waals surface area (Å²) in [5.74, 6) is 0. The van der Waals surface area contributed by atoms with Crippen molar-refractivity contribution in [1.82, 2.24) is 19.9 Å². The first-order valence-electron chi connectivity index (χ1n) is 4.84. The Bertz CT molecular complexity index is 605. The molecule has 0 aliphatic heterocycles. The molecule has 2 heterocycles. The Morgan fingerprint density at radius 3 is 2.75 bits per heavy atom. The SMILES string of the molecule is c1ccc([As]c2ncnc3nc[nH]c23)cc1. The van der Waals surface area contributed by atoms with Gasteiger partial charge in [-0.25, -0.2) is 0 Å². The first-order valence-corrected chi connectivity index (χ1v) is 6.72. The number of benzene rings is 1. The number of imidazole rings is 1. The van der Waals surface area contributed by atoms with Crippen LogP contribution < -0.4 is 8.83 Å². The van der Waals surface area contributed by atoms with Gasteiger partial charge in [0, 0.05) is 0 Å². The Balaban J connectivity index is 2.04. The van der Waals surface area contributed by atoms with E-state index in [4.69, 9.17) is 0 Å². The van der Waals surface area contributed by atoms with Crippen molar-refractivity contribution in [1.29, 1.82) is 0 Å². The second-order valence-electron chi connectivity index (χ2n) is 3.25. The average molecular weight is 271 g/mol. The topological polar surface area (TPSA) is 54.5 Å².